The van der Waals surface area contributed by atoms with Crippen molar-refractivity contribution in [1.29, 1.82) is 0 Å². The smallest absolute Gasteiger partial charge is 0.242 e. The van der Waals surface area contributed by atoms with Crippen molar-refractivity contribution in [2.24, 2.45) is 0 Å². The van der Waals surface area contributed by atoms with Gasteiger partial charge in [-0.05, 0) is 62.6 Å². The van der Waals surface area contributed by atoms with Crippen LogP contribution in [0.25, 0.3) is 26.1 Å². The number of pyridine rings is 1. The van der Waals surface area contributed by atoms with Gasteiger partial charge in [0.1, 0.15) is 15.9 Å². The van der Waals surface area contributed by atoms with E-state index in [-0.39, 0.29) is 10.8 Å². The van der Waals surface area contributed by atoms with Gasteiger partial charge in [-0.3, -0.25) is 0 Å². The number of nitrogens with zero attached hydrogens (tertiary/aromatic N) is 6. The van der Waals surface area contributed by atoms with Crippen LogP contribution in [-0.2, 0) is 10.0 Å². The molecule has 0 saturated carbocycles. The molecule has 6 rings (SSSR count). The summed E-state index contributed by atoms with van der Waals surface area (Å²) in [4.78, 5) is 15.4. The van der Waals surface area contributed by atoms with Gasteiger partial charge in [-0.1, -0.05) is 11.6 Å². The highest BCUT2D eigenvalue weighted by atomic mass is 35.5. The number of piperidine rings is 1. The number of aromatic nitrogens is 5. The molecule has 0 amide bonds. The zero-order valence-corrected chi connectivity index (χ0v) is 21.0. The topological polar surface area (TPSA) is 93.4 Å². The van der Waals surface area contributed by atoms with Crippen LogP contribution in [0.2, 0.25) is 5.02 Å². The summed E-state index contributed by atoms with van der Waals surface area (Å²) in [5, 5.41) is 6.24. The lowest BCUT2D eigenvalue weighted by molar-refractivity contribution is 0.309. The fourth-order valence-corrected chi connectivity index (χ4v) is 7.56. The van der Waals surface area contributed by atoms with Gasteiger partial charge in [0, 0.05) is 35.1 Å². The molecule has 8 nitrogen and oxygen atoms in total. The summed E-state index contributed by atoms with van der Waals surface area (Å²) in [5.41, 5.74) is 3.73. The fraction of sp³-hybridized carbons (Fsp3) is 0.304. The average Bonchev–Trinajstić information content (AvgIpc) is 3.41. The maximum atomic E-state index is 13.2. The van der Waals surface area contributed by atoms with Gasteiger partial charge in [-0.2, -0.15) is 4.31 Å². The molecule has 1 aromatic carbocycles. The van der Waals surface area contributed by atoms with Gasteiger partial charge in [-0.25, -0.2) is 27.9 Å². The molecule has 0 aliphatic carbocycles. The number of rotatable bonds is 3. The molecule has 1 fully saturated rings. The number of aryl methyl sites for hydroxylation is 2. The van der Waals surface area contributed by atoms with Crippen molar-refractivity contribution in [3.8, 4) is 0 Å². The summed E-state index contributed by atoms with van der Waals surface area (Å²) in [6.07, 6.45) is 3.25. The first kappa shape index (κ1) is 21.8. The van der Waals surface area contributed by atoms with Gasteiger partial charge in [-0.15, -0.1) is 16.4 Å². The Hall–Kier alpha value is -2.66. The molecule has 1 aliphatic heterocycles. The van der Waals surface area contributed by atoms with Crippen LogP contribution in [-0.4, -0.2) is 50.4 Å². The van der Waals surface area contributed by atoms with Gasteiger partial charge < -0.3 is 0 Å². The first-order valence-corrected chi connectivity index (χ1v) is 13.6. The molecule has 34 heavy (non-hydrogen) atoms. The molecular formula is C23H21ClN6O2S2. The summed E-state index contributed by atoms with van der Waals surface area (Å²) in [6.45, 7) is 4.87. The first-order valence-electron chi connectivity index (χ1n) is 11.0. The third kappa shape index (κ3) is 3.48. The summed E-state index contributed by atoms with van der Waals surface area (Å²) in [7, 11) is -3.62. The van der Waals surface area contributed by atoms with Crippen LogP contribution in [0.15, 0.2) is 41.6 Å². The summed E-state index contributed by atoms with van der Waals surface area (Å²) in [6, 6.07) is 8.35. The molecule has 1 atom stereocenters. The second kappa shape index (κ2) is 7.94. The molecular weight excluding hydrogens is 492 g/mol. The van der Waals surface area contributed by atoms with Crippen molar-refractivity contribution >= 4 is 59.0 Å². The fourth-order valence-electron chi connectivity index (χ4n) is 4.69. The Balaban J connectivity index is 1.38. The van der Waals surface area contributed by atoms with E-state index >= 15 is 0 Å². The molecule has 0 radical (unpaired) electrons. The van der Waals surface area contributed by atoms with E-state index in [0.717, 1.165) is 50.2 Å². The predicted molar refractivity (Wildman–Crippen MR) is 133 cm³/mol. The number of sulfonamides is 1. The highest BCUT2D eigenvalue weighted by Crippen LogP contribution is 2.36. The minimum absolute atomic E-state index is 0.0951. The largest absolute Gasteiger partial charge is 0.243 e. The predicted octanol–water partition coefficient (Wildman–Crippen LogP) is 4.73. The van der Waals surface area contributed by atoms with E-state index in [0.29, 0.717) is 23.9 Å². The number of benzene rings is 1. The number of halogens is 1. The molecule has 1 aliphatic rings. The molecule has 5 heterocycles. The molecule has 1 saturated heterocycles. The number of thiophene rings is 1. The monoisotopic (exact) mass is 512 g/mol. The van der Waals surface area contributed by atoms with E-state index in [1.54, 1.807) is 46.4 Å². The Morgan fingerprint density at radius 2 is 1.94 bits per heavy atom. The van der Waals surface area contributed by atoms with Crippen LogP contribution in [0.5, 0.6) is 0 Å². The van der Waals surface area contributed by atoms with Crippen molar-refractivity contribution in [3.05, 3.63) is 58.8 Å². The summed E-state index contributed by atoms with van der Waals surface area (Å²) in [5.74, 6) is 0.547. The molecule has 174 valence electrons. The second-order valence-electron chi connectivity index (χ2n) is 8.68. The standard InChI is InChI=1S/C23H21ClN6O2S2/c1-13-10-14(2)26-23-18(13)19-20(33-23)22-27-21(28-30(22)12-25-19)15-4-3-9-29(11-15)34(31,32)17-7-5-16(24)6-8-17/h5-8,10,12,15H,3-4,9,11H2,1-2H3. The minimum atomic E-state index is -3.62. The van der Waals surface area contributed by atoms with Gasteiger partial charge in [0.25, 0.3) is 0 Å². The Kier molecular flexibility index (Phi) is 5.10. The Morgan fingerprint density at radius 3 is 2.74 bits per heavy atom. The summed E-state index contributed by atoms with van der Waals surface area (Å²) < 4.78 is 30.6. The maximum absolute atomic E-state index is 13.2. The Morgan fingerprint density at radius 1 is 1.15 bits per heavy atom. The first-order chi connectivity index (χ1) is 16.3. The second-order valence-corrected chi connectivity index (χ2v) is 12.1. The minimum Gasteiger partial charge on any atom is -0.242 e. The van der Waals surface area contributed by atoms with E-state index < -0.39 is 10.0 Å². The zero-order valence-electron chi connectivity index (χ0n) is 18.6. The maximum Gasteiger partial charge on any atom is 0.243 e. The van der Waals surface area contributed by atoms with Gasteiger partial charge in [0.05, 0.1) is 10.4 Å². The lowest BCUT2D eigenvalue weighted by atomic mass is 9.99. The number of hydrogen-bond donors (Lipinski definition) is 0. The van der Waals surface area contributed by atoms with Crippen LogP contribution < -0.4 is 0 Å². The quantitative estimate of drug-likeness (QED) is 0.347. The van der Waals surface area contributed by atoms with Crippen molar-refractivity contribution in [3.63, 3.8) is 0 Å². The average molecular weight is 513 g/mol. The Labute approximate surface area is 205 Å². The Bertz CT molecular complexity index is 1680. The van der Waals surface area contributed by atoms with Crippen LogP contribution in [0, 0.1) is 13.8 Å². The molecule has 0 spiro atoms. The highest BCUT2D eigenvalue weighted by molar-refractivity contribution is 7.89. The van der Waals surface area contributed by atoms with E-state index in [4.69, 9.17) is 16.6 Å². The lowest BCUT2D eigenvalue weighted by Gasteiger charge is -2.30. The third-order valence-corrected chi connectivity index (χ3v) is 9.51. The molecule has 4 aromatic heterocycles. The molecule has 11 heteroatoms. The third-order valence-electron chi connectivity index (χ3n) is 6.31. The molecule has 5 aromatic rings. The SMILES string of the molecule is Cc1cc(C)c2c(n1)sc1c2ncn2nc(C3CCCN(S(=O)(=O)c4ccc(Cl)cc4)C3)nc12. The number of fused-ring (bicyclic) bond motifs is 5. The van der Waals surface area contributed by atoms with Crippen LogP contribution in [0.4, 0.5) is 0 Å². The van der Waals surface area contributed by atoms with E-state index in [1.165, 1.54) is 4.31 Å². The molecule has 0 N–H and O–H groups in total. The van der Waals surface area contributed by atoms with Gasteiger partial charge in [0.15, 0.2) is 11.5 Å². The van der Waals surface area contributed by atoms with Crippen LogP contribution >= 0.6 is 22.9 Å². The van der Waals surface area contributed by atoms with Crippen LogP contribution in [0.1, 0.15) is 35.8 Å². The van der Waals surface area contributed by atoms with E-state index in [1.807, 2.05) is 6.92 Å². The lowest BCUT2D eigenvalue weighted by Crippen LogP contribution is -2.39. The van der Waals surface area contributed by atoms with E-state index in [9.17, 15) is 8.42 Å². The normalized spacial score (nSPS) is 17.8. The highest BCUT2D eigenvalue weighted by Gasteiger charge is 2.33. The summed E-state index contributed by atoms with van der Waals surface area (Å²) >= 11 is 7.51. The van der Waals surface area contributed by atoms with Gasteiger partial charge >= 0.3 is 0 Å². The molecule has 1 unspecified atom stereocenters. The van der Waals surface area contributed by atoms with E-state index in [2.05, 4.69) is 28.1 Å². The van der Waals surface area contributed by atoms with Crippen LogP contribution in [0.3, 0.4) is 0 Å². The van der Waals surface area contributed by atoms with Crippen molar-refractivity contribution in [2.75, 3.05) is 13.1 Å². The number of hydrogen-bond acceptors (Lipinski definition) is 7. The molecule has 0 bridgehead atoms. The van der Waals surface area contributed by atoms with Crippen molar-refractivity contribution < 1.29 is 8.42 Å². The van der Waals surface area contributed by atoms with Crippen molar-refractivity contribution in [1.82, 2.24) is 28.9 Å². The van der Waals surface area contributed by atoms with Gasteiger partial charge in [0.2, 0.25) is 10.0 Å². The van der Waals surface area contributed by atoms with Crippen molar-refractivity contribution in [2.45, 2.75) is 37.5 Å². The zero-order chi connectivity index (χ0) is 23.6.